The lowest BCUT2D eigenvalue weighted by molar-refractivity contribution is -0.126. The molecule has 0 unspecified atom stereocenters. The van der Waals surface area contributed by atoms with Gasteiger partial charge in [-0.3, -0.25) is 4.79 Å². The summed E-state index contributed by atoms with van der Waals surface area (Å²) in [5, 5.41) is 0. The van der Waals surface area contributed by atoms with E-state index in [9.17, 15) is 9.59 Å². The van der Waals surface area contributed by atoms with Crippen molar-refractivity contribution in [3.05, 3.63) is 53.6 Å². The monoisotopic (exact) mass is 369 g/mol. The Morgan fingerprint density at radius 1 is 1.07 bits per heavy atom. The van der Waals surface area contributed by atoms with E-state index in [0.717, 1.165) is 17.7 Å². The lowest BCUT2D eigenvalue weighted by Gasteiger charge is -2.26. The molecule has 0 saturated heterocycles. The Kier molecular flexibility index (Phi) is 5.35. The van der Waals surface area contributed by atoms with Crippen LogP contribution in [0.3, 0.4) is 0 Å². The highest BCUT2D eigenvalue weighted by atomic mass is 16.5. The molecule has 0 radical (unpaired) electrons. The van der Waals surface area contributed by atoms with Crippen molar-refractivity contribution < 1.29 is 23.8 Å². The second-order valence-corrected chi connectivity index (χ2v) is 6.51. The first-order chi connectivity index (χ1) is 13.0. The summed E-state index contributed by atoms with van der Waals surface area (Å²) in [5.74, 6) is 0.118. The van der Waals surface area contributed by atoms with Gasteiger partial charge in [0.05, 0.1) is 19.8 Å². The highest BCUT2D eigenvalue weighted by molar-refractivity contribution is 6.01. The number of esters is 1. The molecule has 0 aliphatic carbocycles. The number of para-hydroxylation sites is 1. The number of benzene rings is 2. The Hall–Kier alpha value is -3.02. The molecule has 27 heavy (non-hydrogen) atoms. The molecule has 2 aromatic carbocycles. The van der Waals surface area contributed by atoms with Crippen LogP contribution in [0.2, 0.25) is 0 Å². The first-order valence-corrected chi connectivity index (χ1v) is 8.80. The van der Waals surface area contributed by atoms with Gasteiger partial charge in [-0.25, -0.2) is 4.79 Å². The van der Waals surface area contributed by atoms with E-state index in [0.29, 0.717) is 17.1 Å². The van der Waals surface area contributed by atoms with Crippen molar-refractivity contribution >= 4 is 17.6 Å². The number of carbonyl (C=O) groups is 2. The molecule has 0 N–H and O–H groups in total. The molecular formula is C21H23NO5. The maximum atomic E-state index is 12.9. The number of rotatable bonds is 5. The van der Waals surface area contributed by atoms with Crippen LogP contribution < -0.4 is 14.4 Å². The molecule has 0 spiro atoms. The van der Waals surface area contributed by atoms with Gasteiger partial charge in [-0.15, -0.1) is 0 Å². The Balaban J connectivity index is 1.74. The van der Waals surface area contributed by atoms with Crippen LogP contribution in [-0.4, -0.2) is 38.2 Å². The van der Waals surface area contributed by atoms with Gasteiger partial charge in [-0.2, -0.15) is 0 Å². The van der Waals surface area contributed by atoms with Crippen molar-refractivity contribution in [2.45, 2.75) is 32.4 Å². The van der Waals surface area contributed by atoms with Crippen LogP contribution >= 0.6 is 0 Å². The van der Waals surface area contributed by atoms with Crippen molar-refractivity contribution in [2.24, 2.45) is 0 Å². The molecule has 0 saturated carbocycles. The highest BCUT2D eigenvalue weighted by Crippen LogP contribution is 2.33. The number of amides is 1. The summed E-state index contributed by atoms with van der Waals surface area (Å²) in [5.41, 5.74) is 2.29. The zero-order chi connectivity index (χ0) is 19.6. The first-order valence-electron chi connectivity index (χ1n) is 8.80. The van der Waals surface area contributed by atoms with E-state index in [1.54, 1.807) is 24.0 Å². The smallest absolute Gasteiger partial charge is 0.339 e. The molecule has 0 aromatic heterocycles. The van der Waals surface area contributed by atoms with Crippen LogP contribution in [0.1, 0.15) is 29.8 Å². The number of carbonyl (C=O) groups excluding carboxylic acids is 2. The molecule has 6 heteroatoms. The van der Waals surface area contributed by atoms with E-state index in [4.69, 9.17) is 14.2 Å². The lowest BCUT2D eigenvalue weighted by atomic mass is 10.1. The van der Waals surface area contributed by atoms with Gasteiger partial charge in [0.1, 0.15) is 0 Å². The maximum Gasteiger partial charge on any atom is 0.339 e. The minimum Gasteiger partial charge on any atom is -0.493 e. The molecule has 0 bridgehead atoms. The SMILES string of the molecule is COc1ccc(C(=O)O[C@@H](C)C(=O)N2c3ccccc3C[C@@H]2C)cc1OC. The quantitative estimate of drug-likeness (QED) is 0.757. The van der Waals surface area contributed by atoms with Gasteiger partial charge in [0.15, 0.2) is 17.6 Å². The second kappa shape index (κ2) is 7.70. The predicted molar refractivity (Wildman–Crippen MR) is 102 cm³/mol. The lowest BCUT2D eigenvalue weighted by Crippen LogP contribution is -2.43. The Bertz CT molecular complexity index is 863. The van der Waals surface area contributed by atoms with E-state index in [1.807, 2.05) is 31.2 Å². The van der Waals surface area contributed by atoms with Gasteiger partial charge in [0.2, 0.25) is 0 Å². The minimum atomic E-state index is -0.904. The van der Waals surface area contributed by atoms with Gasteiger partial charge in [-0.05, 0) is 50.1 Å². The van der Waals surface area contributed by atoms with Gasteiger partial charge in [-0.1, -0.05) is 18.2 Å². The van der Waals surface area contributed by atoms with Crippen molar-refractivity contribution in [3.63, 3.8) is 0 Å². The number of hydrogen-bond acceptors (Lipinski definition) is 5. The van der Waals surface area contributed by atoms with Gasteiger partial charge in [0, 0.05) is 11.7 Å². The van der Waals surface area contributed by atoms with Crippen LogP contribution in [0.15, 0.2) is 42.5 Å². The van der Waals surface area contributed by atoms with Crippen LogP contribution in [-0.2, 0) is 16.0 Å². The van der Waals surface area contributed by atoms with Gasteiger partial charge in [0.25, 0.3) is 5.91 Å². The van der Waals surface area contributed by atoms with E-state index >= 15 is 0 Å². The minimum absolute atomic E-state index is 0.0251. The van der Waals surface area contributed by atoms with Crippen molar-refractivity contribution in [1.82, 2.24) is 0 Å². The third-order valence-electron chi connectivity index (χ3n) is 4.70. The Labute approximate surface area is 158 Å². The Morgan fingerprint density at radius 2 is 1.78 bits per heavy atom. The number of hydrogen-bond donors (Lipinski definition) is 0. The topological polar surface area (TPSA) is 65.1 Å². The van der Waals surface area contributed by atoms with Crippen molar-refractivity contribution in [2.75, 3.05) is 19.1 Å². The fourth-order valence-corrected chi connectivity index (χ4v) is 3.34. The average molecular weight is 369 g/mol. The summed E-state index contributed by atoms with van der Waals surface area (Å²) in [6.07, 6.45) is -0.114. The van der Waals surface area contributed by atoms with Gasteiger partial charge < -0.3 is 19.1 Å². The van der Waals surface area contributed by atoms with Crippen LogP contribution in [0.5, 0.6) is 11.5 Å². The molecule has 1 amide bonds. The summed E-state index contributed by atoms with van der Waals surface area (Å²) in [6, 6.07) is 12.6. The summed E-state index contributed by atoms with van der Waals surface area (Å²) >= 11 is 0. The molecule has 2 atom stereocenters. The summed E-state index contributed by atoms with van der Waals surface area (Å²) in [6.45, 7) is 3.58. The average Bonchev–Trinajstić information content (AvgIpc) is 3.02. The number of methoxy groups -OCH3 is 2. The standard InChI is InChI=1S/C21H23NO5/c1-13-11-15-7-5-6-8-17(15)22(13)20(23)14(2)27-21(24)16-9-10-18(25-3)19(12-16)26-4/h5-10,12-14H,11H2,1-4H3/t13-,14-/m0/s1. The third-order valence-corrected chi connectivity index (χ3v) is 4.70. The maximum absolute atomic E-state index is 12.9. The Morgan fingerprint density at radius 3 is 2.48 bits per heavy atom. The first kappa shape index (κ1) is 18.8. The zero-order valence-electron chi connectivity index (χ0n) is 15.9. The van der Waals surface area contributed by atoms with Crippen molar-refractivity contribution in [1.29, 1.82) is 0 Å². The molecule has 6 nitrogen and oxygen atoms in total. The number of nitrogens with zero attached hydrogens (tertiary/aromatic N) is 1. The van der Waals surface area contributed by atoms with E-state index in [1.165, 1.54) is 20.3 Å². The second-order valence-electron chi connectivity index (χ2n) is 6.51. The summed E-state index contributed by atoms with van der Waals surface area (Å²) in [7, 11) is 3.01. The molecule has 3 rings (SSSR count). The highest BCUT2D eigenvalue weighted by Gasteiger charge is 2.34. The largest absolute Gasteiger partial charge is 0.493 e. The van der Waals surface area contributed by atoms with Gasteiger partial charge >= 0.3 is 5.97 Å². The van der Waals surface area contributed by atoms with E-state index < -0.39 is 12.1 Å². The molecule has 1 heterocycles. The fraction of sp³-hybridized carbons (Fsp3) is 0.333. The summed E-state index contributed by atoms with van der Waals surface area (Å²) in [4.78, 5) is 27.1. The van der Waals surface area contributed by atoms with Crippen LogP contribution in [0.25, 0.3) is 0 Å². The molecule has 0 fully saturated rings. The molecule has 1 aliphatic heterocycles. The number of fused-ring (bicyclic) bond motifs is 1. The van der Waals surface area contributed by atoms with E-state index in [-0.39, 0.29) is 11.9 Å². The molecule has 2 aromatic rings. The molecular weight excluding hydrogens is 346 g/mol. The normalized spacial score (nSPS) is 16.4. The zero-order valence-corrected chi connectivity index (χ0v) is 15.9. The van der Waals surface area contributed by atoms with Crippen molar-refractivity contribution in [3.8, 4) is 11.5 Å². The molecule has 1 aliphatic rings. The van der Waals surface area contributed by atoms with Crippen LogP contribution in [0, 0.1) is 0 Å². The van der Waals surface area contributed by atoms with Crippen LogP contribution in [0.4, 0.5) is 5.69 Å². The summed E-state index contributed by atoms with van der Waals surface area (Å²) < 4.78 is 15.8. The number of ether oxygens (including phenoxy) is 3. The predicted octanol–water partition coefficient (Wildman–Crippen LogP) is 3.23. The fourth-order valence-electron chi connectivity index (χ4n) is 3.34. The number of anilines is 1. The molecule has 142 valence electrons. The third kappa shape index (κ3) is 3.60. The van der Waals surface area contributed by atoms with E-state index in [2.05, 4.69) is 0 Å².